The van der Waals surface area contributed by atoms with Crippen LogP contribution in [0.25, 0.3) is 0 Å². The number of hydrogen-bond acceptors (Lipinski definition) is 3. The molecule has 4 nitrogen and oxygen atoms in total. The van der Waals surface area contributed by atoms with E-state index < -0.39 is 18.0 Å². The zero-order chi connectivity index (χ0) is 9.02. The van der Waals surface area contributed by atoms with Gasteiger partial charge in [0.15, 0.2) is 0 Å². The highest BCUT2D eigenvalue weighted by molar-refractivity contribution is 5.77. The molecule has 0 fully saturated rings. The number of hydrogen-bond donors (Lipinski definition) is 1. The van der Waals surface area contributed by atoms with Crippen LogP contribution in [0.15, 0.2) is 0 Å². The molecule has 0 aromatic carbocycles. The normalized spacial score (nSPS) is 12.7. The lowest BCUT2D eigenvalue weighted by atomic mass is 10.1. The van der Waals surface area contributed by atoms with Crippen LogP contribution in [0.2, 0.25) is 0 Å². The summed E-state index contributed by atoms with van der Waals surface area (Å²) in [4.78, 5) is 20.8. The average Bonchev–Trinajstić information content (AvgIpc) is 1.81. The molecule has 0 spiro atoms. The van der Waals surface area contributed by atoms with E-state index >= 15 is 0 Å². The average molecular weight is 160 g/mol. The van der Waals surface area contributed by atoms with Gasteiger partial charge in [-0.25, -0.2) is 4.79 Å². The maximum atomic E-state index is 10.4. The molecule has 0 bridgehead atoms. The molecule has 0 aliphatic carbocycles. The lowest BCUT2D eigenvalue weighted by molar-refractivity contribution is -0.165. The SMILES string of the molecule is CC(=O)O[C@@H](C(=O)O)C(C)C. The summed E-state index contributed by atoms with van der Waals surface area (Å²) in [6, 6.07) is 0. The molecule has 11 heavy (non-hydrogen) atoms. The van der Waals surface area contributed by atoms with Crippen molar-refractivity contribution in [1.29, 1.82) is 0 Å². The first kappa shape index (κ1) is 9.94. The van der Waals surface area contributed by atoms with E-state index in [1.807, 2.05) is 0 Å². The van der Waals surface area contributed by atoms with E-state index in [1.54, 1.807) is 13.8 Å². The fourth-order valence-corrected chi connectivity index (χ4v) is 0.650. The molecule has 0 rings (SSSR count). The molecule has 4 heteroatoms. The Balaban J connectivity index is 4.12. The number of carboxylic acids is 1. The van der Waals surface area contributed by atoms with Crippen molar-refractivity contribution in [2.45, 2.75) is 26.9 Å². The zero-order valence-corrected chi connectivity index (χ0v) is 6.83. The highest BCUT2D eigenvalue weighted by Crippen LogP contribution is 2.06. The van der Waals surface area contributed by atoms with E-state index in [4.69, 9.17) is 5.11 Å². The van der Waals surface area contributed by atoms with Crippen LogP contribution in [-0.4, -0.2) is 23.1 Å². The van der Waals surface area contributed by atoms with Gasteiger partial charge in [0.2, 0.25) is 6.10 Å². The predicted octanol–water partition coefficient (Wildman–Crippen LogP) is 0.659. The van der Waals surface area contributed by atoms with Gasteiger partial charge in [-0.2, -0.15) is 0 Å². The quantitative estimate of drug-likeness (QED) is 0.616. The van der Waals surface area contributed by atoms with E-state index in [1.165, 1.54) is 6.92 Å². The molecule has 0 aromatic rings. The Morgan fingerprint density at radius 1 is 1.36 bits per heavy atom. The Morgan fingerprint density at radius 3 is 1.91 bits per heavy atom. The largest absolute Gasteiger partial charge is 0.478 e. The maximum absolute atomic E-state index is 10.4. The van der Waals surface area contributed by atoms with E-state index in [-0.39, 0.29) is 5.92 Å². The molecule has 0 unspecified atom stereocenters. The van der Waals surface area contributed by atoms with Crippen LogP contribution >= 0.6 is 0 Å². The maximum Gasteiger partial charge on any atom is 0.345 e. The van der Waals surface area contributed by atoms with Gasteiger partial charge in [0.1, 0.15) is 0 Å². The second-order valence-corrected chi connectivity index (χ2v) is 2.61. The van der Waals surface area contributed by atoms with Crippen LogP contribution in [0, 0.1) is 5.92 Å². The monoisotopic (exact) mass is 160 g/mol. The molecular formula is C7H12O4. The first-order chi connectivity index (χ1) is 4.95. The summed E-state index contributed by atoms with van der Waals surface area (Å²) in [5, 5.41) is 8.52. The number of carbonyl (C=O) groups excluding carboxylic acids is 1. The van der Waals surface area contributed by atoms with Gasteiger partial charge in [0, 0.05) is 12.8 Å². The molecule has 1 N–H and O–H groups in total. The predicted molar refractivity (Wildman–Crippen MR) is 38.0 cm³/mol. The summed E-state index contributed by atoms with van der Waals surface area (Å²) in [7, 11) is 0. The Kier molecular flexibility index (Phi) is 3.57. The van der Waals surface area contributed by atoms with Crippen molar-refractivity contribution in [2.24, 2.45) is 5.92 Å². The number of carbonyl (C=O) groups is 2. The van der Waals surface area contributed by atoms with E-state index in [9.17, 15) is 9.59 Å². The van der Waals surface area contributed by atoms with Gasteiger partial charge in [-0.3, -0.25) is 4.79 Å². The third-order valence-corrected chi connectivity index (χ3v) is 1.14. The van der Waals surface area contributed by atoms with E-state index in [0.29, 0.717) is 0 Å². The first-order valence-corrected chi connectivity index (χ1v) is 3.35. The second kappa shape index (κ2) is 3.95. The summed E-state index contributed by atoms with van der Waals surface area (Å²) < 4.78 is 4.53. The van der Waals surface area contributed by atoms with Gasteiger partial charge >= 0.3 is 11.9 Å². The number of aliphatic carboxylic acids is 1. The topological polar surface area (TPSA) is 63.6 Å². The number of ether oxygens (including phenoxy) is 1. The van der Waals surface area contributed by atoms with Gasteiger partial charge in [-0.15, -0.1) is 0 Å². The van der Waals surface area contributed by atoms with Crippen molar-refractivity contribution in [1.82, 2.24) is 0 Å². The fourth-order valence-electron chi connectivity index (χ4n) is 0.650. The molecule has 64 valence electrons. The van der Waals surface area contributed by atoms with Crippen LogP contribution in [0.4, 0.5) is 0 Å². The third-order valence-electron chi connectivity index (χ3n) is 1.14. The lowest BCUT2D eigenvalue weighted by Gasteiger charge is -2.15. The van der Waals surface area contributed by atoms with Crippen molar-refractivity contribution >= 4 is 11.9 Å². The zero-order valence-electron chi connectivity index (χ0n) is 6.83. The van der Waals surface area contributed by atoms with Gasteiger partial charge in [-0.1, -0.05) is 13.8 Å². The van der Waals surface area contributed by atoms with Gasteiger partial charge in [0.05, 0.1) is 0 Å². The molecular weight excluding hydrogens is 148 g/mol. The minimum Gasteiger partial charge on any atom is -0.478 e. The molecule has 0 amide bonds. The Morgan fingerprint density at radius 2 is 1.82 bits per heavy atom. The van der Waals surface area contributed by atoms with Crippen molar-refractivity contribution in [3.8, 4) is 0 Å². The highest BCUT2D eigenvalue weighted by Gasteiger charge is 2.23. The number of rotatable bonds is 3. The molecule has 0 heterocycles. The summed E-state index contributed by atoms with van der Waals surface area (Å²) in [5.74, 6) is -1.86. The molecule has 0 aromatic heterocycles. The standard InChI is InChI=1S/C7H12O4/c1-4(2)6(7(9)10)11-5(3)8/h4,6H,1-3H3,(H,9,10)/t6-/m1/s1. The first-order valence-electron chi connectivity index (χ1n) is 3.35. The lowest BCUT2D eigenvalue weighted by Crippen LogP contribution is -2.30. The van der Waals surface area contributed by atoms with Crippen molar-refractivity contribution in [3.63, 3.8) is 0 Å². The van der Waals surface area contributed by atoms with E-state index in [2.05, 4.69) is 4.74 Å². The van der Waals surface area contributed by atoms with Crippen LogP contribution < -0.4 is 0 Å². The molecule has 0 aliphatic heterocycles. The minimum absolute atomic E-state index is 0.198. The molecule has 0 saturated heterocycles. The summed E-state index contributed by atoms with van der Waals surface area (Å²) in [6.45, 7) is 4.56. The molecule has 1 atom stereocenters. The van der Waals surface area contributed by atoms with Gasteiger partial charge < -0.3 is 9.84 Å². The molecule has 0 radical (unpaired) electrons. The van der Waals surface area contributed by atoms with Crippen molar-refractivity contribution in [3.05, 3.63) is 0 Å². The Bertz CT molecular complexity index is 162. The fraction of sp³-hybridized carbons (Fsp3) is 0.714. The number of carboxylic acid groups (broad SMARTS) is 1. The molecule has 0 aliphatic rings. The second-order valence-electron chi connectivity index (χ2n) is 2.61. The van der Waals surface area contributed by atoms with Crippen molar-refractivity contribution in [2.75, 3.05) is 0 Å². The summed E-state index contributed by atoms with van der Waals surface area (Å²) >= 11 is 0. The van der Waals surface area contributed by atoms with E-state index in [0.717, 1.165) is 0 Å². The Hall–Kier alpha value is -1.06. The van der Waals surface area contributed by atoms with Crippen LogP contribution in [0.1, 0.15) is 20.8 Å². The van der Waals surface area contributed by atoms with Crippen LogP contribution in [0.5, 0.6) is 0 Å². The van der Waals surface area contributed by atoms with Crippen LogP contribution in [0.3, 0.4) is 0 Å². The van der Waals surface area contributed by atoms with Gasteiger partial charge in [-0.05, 0) is 0 Å². The molecule has 0 saturated carbocycles. The number of esters is 1. The summed E-state index contributed by atoms with van der Waals surface area (Å²) in [5.41, 5.74) is 0. The van der Waals surface area contributed by atoms with Crippen molar-refractivity contribution < 1.29 is 19.4 Å². The van der Waals surface area contributed by atoms with Gasteiger partial charge in [0.25, 0.3) is 0 Å². The highest BCUT2D eigenvalue weighted by atomic mass is 16.6. The summed E-state index contributed by atoms with van der Waals surface area (Å²) in [6.07, 6.45) is -1.02. The minimum atomic E-state index is -1.10. The smallest absolute Gasteiger partial charge is 0.345 e. The Labute approximate surface area is 65.2 Å². The van der Waals surface area contributed by atoms with Crippen LogP contribution in [-0.2, 0) is 14.3 Å². The third kappa shape index (κ3) is 3.60.